The van der Waals surface area contributed by atoms with Gasteiger partial charge in [0.2, 0.25) is 0 Å². The highest BCUT2D eigenvalue weighted by Crippen LogP contribution is 2.07. The van der Waals surface area contributed by atoms with Crippen molar-refractivity contribution in [2.24, 2.45) is 4.40 Å². The van der Waals surface area contributed by atoms with E-state index in [2.05, 4.69) is 9.13 Å². The fourth-order valence-electron chi connectivity index (χ4n) is 0.992. The summed E-state index contributed by atoms with van der Waals surface area (Å²) >= 11 is 1.24. The average Bonchev–Trinajstić information content (AvgIpc) is 2.26. The van der Waals surface area contributed by atoms with Crippen molar-refractivity contribution in [3.63, 3.8) is 0 Å². The first-order chi connectivity index (χ1) is 6.79. The van der Waals surface area contributed by atoms with Gasteiger partial charge in [-0.25, -0.2) is 9.19 Å². The predicted molar refractivity (Wildman–Crippen MR) is 58.5 cm³/mol. The van der Waals surface area contributed by atoms with Crippen molar-refractivity contribution >= 4 is 23.6 Å². The number of carbonyl (C=O) groups is 1. The van der Waals surface area contributed by atoms with Gasteiger partial charge in [-0.1, -0.05) is 30.3 Å². The van der Waals surface area contributed by atoms with Crippen molar-refractivity contribution in [2.75, 3.05) is 13.4 Å². The molecule has 0 unspecified atom stereocenters. The third-order valence-electron chi connectivity index (χ3n) is 1.61. The lowest BCUT2D eigenvalue weighted by Gasteiger charge is -2.02. The second-order valence-electron chi connectivity index (χ2n) is 2.48. The normalized spacial score (nSPS) is 11.1. The van der Waals surface area contributed by atoms with E-state index in [9.17, 15) is 4.79 Å². The van der Waals surface area contributed by atoms with Crippen LogP contribution in [0.1, 0.15) is 5.56 Å². The van der Waals surface area contributed by atoms with E-state index in [1.54, 1.807) is 6.26 Å². The van der Waals surface area contributed by atoms with E-state index in [4.69, 9.17) is 0 Å². The molecule has 1 aromatic rings. The van der Waals surface area contributed by atoms with Crippen molar-refractivity contribution in [1.29, 1.82) is 0 Å². The molecule has 14 heavy (non-hydrogen) atoms. The first-order valence-electron chi connectivity index (χ1n) is 4.04. The number of methoxy groups -OCH3 is 1. The monoisotopic (exact) mass is 209 g/mol. The summed E-state index contributed by atoms with van der Waals surface area (Å²) in [6.07, 6.45) is 1.80. The van der Waals surface area contributed by atoms with E-state index in [0.29, 0.717) is 5.71 Å². The maximum absolute atomic E-state index is 11.3. The van der Waals surface area contributed by atoms with Gasteiger partial charge in [0.05, 0.1) is 7.11 Å². The maximum Gasteiger partial charge on any atom is 0.357 e. The predicted octanol–water partition coefficient (Wildman–Crippen LogP) is 1.93. The summed E-state index contributed by atoms with van der Waals surface area (Å²) in [5.74, 6) is -0.412. The van der Waals surface area contributed by atoms with Crippen LogP contribution in [-0.4, -0.2) is 25.0 Å². The largest absolute Gasteiger partial charge is 0.464 e. The number of carbonyl (C=O) groups excluding carboxylic acids is 1. The second kappa shape index (κ2) is 5.44. The van der Waals surface area contributed by atoms with Crippen LogP contribution in [-0.2, 0) is 9.53 Å². The van der Waals surface area contributed by atoms with E-state index in [-0.39, 0.29) is 0 Å². The van der Waals surface area contributed by atoms with Crippen LogP contribution in [0.3, 0.4) is 0 Å². The smallest absolute Gasteiger partial charge is 0.357 e. The summed E-state index contributed by atoms with van der Waals surface area (Å²) in [4.78, 5) is 11.3. The molecule has 0 radical (unpaired) electrons. The number of benzene rings is 1. The molecule has 0 aliphatic carbocycles. The molecule has 0 aliphatic heterocycles. The molecule has 0 atom stereocenters. The molecule has 0 N–H and O–H groups in total. The van der Waals surface area contributed by atoms with Gasteiger partial charge >= 0.3 is 5.97 Å². The molecule has 4 heteroatoms. The van der Waals surface area contributed by atoms with E-state index < -0.39 is 5.97 Å². The lowest BCUT2D eigenvalue weighted by atomic mass is 10.1. The Labute approximate surface area is 87.3 Å². The minimum Gasteiger partial charge on any atom is -0.464 e. The molecular weight excluding hydrogens is 198 g/mol. The van der Waals surface area contributed by atoms with Crippen LogP contribution < -0.4 is 0 Å². The number of hydrogen-bond donors (Lipinski definition) is 0. The average molecular weight is 209 g/mol. The molecule has 0 aromatic heterocycles. The summed E-state index contributed by atoms with van der Waals surface area (Å²) in [7, 11) is 1.35. The second-order valence-corrected chi connectivity index (χ2v) is 3.03. The van der Waals surface area contributed by atoms with Gasteiger partial charge in [-0.2, -0.15) is 0 Å². The highest BCUT2D eigenvalue weighted by Gasteiger charge is 2.13. The summed E-state index contributed by atoms with van der Waals surface area (Å²) in [6.45, 7) is 0. The van der Waals surface area contributed by atoms with Crippen molar-refractivity contribution in [2.45, 2.75) is 0 Å². The van der Waals surface area contributed by atoms with Crippen LogP contribution in [0.15, 0.2) is 34.7 Å². The van der Waals surface area contributed by atoms with E-state index >= 15 is 0 Å². The van der Waals surface area contributed by atoms with Crippen LogP contribution in [0.5, 0.6) is 0 Å². The SMILES string of the molecule is COC(=O)C(=NSC)c1ccccc1. The molecule has 1 aromatic carbocycles. The third kappa shape index (κ3) is 2.60. The molecule has 0 aliphatic rings. The van der Waals surface area contributed by atoms with Crippen LogP contribution in [0.25, 0.3) is 0 Å². The minimum absolute atomic E-state index is 0.348. The molecule has 3 nitrogen and oxygen atoms in total. The lowest BCUT2D eigenvalue weighted by molar-refractivity contribution is -0.132. The Hall–Kier alpha value is -1.29. The molecule has 0 bridgehead atoms. The van der Waals surface area contributed by atoms with Crippen LogP contribution >= 0.6 is 11.9 Å². The van der Waals surface area contributed by atoms with E-state index in [1.807, 2.05) is 30.3 Å². The van der Waals surface area contributed by atoms with Gasteiger partial charge in [-0.05, 0) is 11.9 Å². The summed E-state index contributed by atoms with van der Waals surface area (Å²) in [6, 6.07) is 9.25. The van der Waals surface area contributed by atoms with Crippen molar-refractivity contribution in [3.05, 3.63) is 35.9 Å². The fraction of sp³-hybridized carbons (Fsp3) is 0.200. The number of rotatable bonds is 3. The van der Waals surface area contributed by atoms with Gasteiger partial charge in [0.1, 0.15) is 0 Å². The lowest BCUT2D eigenvalue weighted by Crippen LogP contribution is -2.16. The quantitative estimate of drug-likeness (QED) is 0.434. The first-order valence-corrected chi connectivity index (χ1v) is 5.22. The number of ether oxygens (including phenoxy) is 1. The molecule has 1 rings (SSSR count). The molecule has 0 heterocycles. The Morgan fingerprint density at radius 1 is 1.36 bits per heavy atom. The molecule has 74 valence electrons. The fourth-order valence-corrected chi connectivity index (χ4v) is 1.35. The van der Waals surface area contributed by atoms with Crippen molar-refractivity contribution < 1.29 is 9.53 Å². The van der Waals surface area contributed by atoms with E-state index in [0.717, 1.165) is 5.56 Å². The number of esters is 1. The molecule has 0 saturated heterocycles. The first kappa shape index (κ1) is 10.8. The highest BCUT2D eigenvalue weighted by molar-refractivity contribution is 7.97. The maximum atomic E-state index is 11.3. The van der Waals surface area contributed by atoms with Crippen LogP contribution in [0, 0.1) is 0 Å². The summed E-state index contributed by atoms with van der Waals surface area (Å²) < 4.78 is 8.66. The molecular formula is C10H11NO2S. The topological polar surface area (TPSA) is 38.7 Å². The molecule has 0 amide bonds. The van der Waals surface area contributed by atoms with Gasteiger partial charge < -0.3 is 4.74 Å². The van der Waals surface area contributed by atoms with Gasteiger partial charge in [0.25, 0.3) is 0 Å². The highest BCUT2D eigenvalue weighted by atomic mass is 32.2. The summed E-state index contributed by atoms with van der Waals surface area (Å²) in [5, 5.41) is 0. The molecule has 0 spiro atoms. The Morgan fingerprint density at radius 2 is 2.00 bits per heavy atom. The van der Waals surface area contributed by atoms with Gasteiger partial charge in [-0.3, -0.25) is 0 Å². The zero-order chi connectivity index (χ0) is 10.4. The summed E-state index contributed by atoms with van der Waals surface area (Å²) in [5.41, 5.74) is 1.12. The zero-order valence-electron chi connectivity index (χ0n) is 8.06. The van der Waals surface area contributed by atoms with Crippen molar-refractivity contribution in [3.8, 4) is 0 Å². The number of hydrogen-bond acceptors (Lipinski definition) is 4. The Morgan fingerprint density at radius 3 is 2.50 bits per heavy atom. The number of nitrogens with zero attached hydrogens (tertiary/aromatic N) is 1. The van der Waals surface area contributed by atoms with Gasteiger partial charge in [-0.15, -0.1) is 0 Å². The van der Waals surface area contributed by atoms with E-state index in [1.165, 1.54) is 19.1 Å². The Bertz CT molecular complexity index is 335. The zero-order valence-corrected chi connectivity index (χ0v) is 8.88. The Balaban J connectivity index is 3.02. The van der Waals surface area contributed by atoms with Gasteiger partial charge in [0, 0.05) is 11.8 Å². The third-order valence-corrected chi connectivity index (χ3v) is 1.97. The van der Waals surface area contributed by atoms with Crippen LogP contribution in [0.2, 0.25) is 0 Å². The van der Waals surface area contributed by atoms with Crippen molar-refractivity contribution in [1.82, 2.24) is 0 Å². The van der Waals surface area contributed by atoms with Crippen LogP contribution in [0.4, 0.5) is 0 Å². The van der Waals surface area contributed by atoms with Gasteiger partial charge in [0.15, 0.2) is 5.71 Å². The molecule has 0 fully saturated rings. The minimum atomic E-state index is -0.412. The Kier molecular flexibility index (Phi) is 4.19. The molecule has 0 saturated carbocycles. The standard InChI is InChI=1S/C10H11NO2S/c1-13-10(12)9(11-14-2)8-6-4-3-5-7-8/h3-7H,1-2H3.